The molecule has 0 amide bonds. The predicted molar refractivity (Wildman–Crippen MR) is 38.9 cm³/mol. The van der Waals surface area contributed by atoms with E-state index in [0.717, 1.165) is 0 Å². The van der Waals surface area contributed by atoms with Crippen LogP contribution < -0.4 is 0 Å². The van der Waals surface area contributed by atoms with Gasteiger partial charge in [0.25, 0.3) is 0 Å². The van der Waals surface area contributed by atoms with Crippen LogP contribution in [-0.4, -0.2) is 32.3 Å². The van der Waals surface area contributed by atoms with E-state index >= 15 is 0 Å². The van der Waals surface area contributed by atoms with Gasteiger partial charge in [0.15, 0.2) is 9.84 Å². The second-order valence-electron chi connectivity index (χ2n) is 2.03. The molecule has 0 atom stereocenters. The van der Waals surface area contributed by atoms with Gasteiger partial charge in [0.1, 0.15) is 0 Å². The molecule has 0 aromatic carbocycles. The molecule has 0 radical (unpaired) electrons. The van der Waals surface area contributed by atoms with Crippen molar-refractivity contribution in [2.45, 2.75) is 0 Å². The molecule has 0 aromatic heterocycles. The maximum Gasteiger partial charge on any atom is 0.206 e. The summed E-state index contributed by atoms with van der Waals surface area (Å²) < 4.78 is 20.9. The van der Waals surface area contributed by atoms with Gasteiger partial charge in [-0.2, -0.15) is 0 Å². The van der Waals surface area contributed by atoms with Crippen LogP contribution in [0.25, 0.3) is 0 Å². The normalized spacial score (nSPS) is 12.5. The summed E-state index contributed by atoms with van der Waals surface area (Å²) in [5.74, 6) is 0. The average Bonchev–Trinajstić information content (AvgIpc) is 1.21. The highest BCUT2D eigenvalue weighted by Gasteiger charge is 2.11. The highest BCUT2D eigenvalue weighted by atomic mass is 32.3. The molecule has 0 aliphatic carbocycles. The fourth-order valence-electron chi connectivity index (χ4n) is 0.428. The molecule has 0 fully saturated rings. The molecule has 0 N–H and O–H groups in total. The standard InChI is InChI=1S/C4H11O2S2/c1-7(2)4-8(3,5)6/h4H2,1-3H3/q+1. The minimum absolute atomic E-state index is 0.0270. The zero-order valence-electron chi connectivity index (χ0n) is 5.34. The van der Waals surface area contributed by atoms with Crippen molar-refractivity contribution >= 4 is 20.7 Å². The van der Waals surface area contributed by atoms with E-state index in [1.165, 1.54) is 6.26 Å². The van der Waals surface area contributed by atoms with E-state index in [-0.39, 0.29) is 10.9 Å². The Hall–Kier alpha value is 0.300. The van der Waals surface area contributed by atoms with E-state index in [4.69, 9.17) is 0 Å². The highest BCUT2D eigenvalue weighted by Crippen LogP contribution is 1.90. The molecular weight excluding hydrogens is 144 g/mol. The number of hydrogen-bond donors (Lipinski definition) is 0. The monoisotopic (exact) mass is 155 g/mol. The minimum atomic E-state index is -2.71. The quantitative estimate of drug-likeness (QED) is 0.520. The van der Waals surface area contributed by atoms with Crippen molar-refractivity contribution < 1.29 is 8.42 Å². The number of sulfone groups is 1. The van der Waals surface area contributed by atoms with Crippen molar-refractivity contribution in [2.75, 3.05) is 23.9 Å². The van der Waals surface area contributed by atoms with Crippen molar-refractivity contribution in [3.05, 3.63) is 0 Å². The van der Waals surface area contributed by atoms with Crippen molar-refractivity contribution in [2.24, 2.45) is 0 Å². The first kappa shape index (κ1) is 8.30. The van der Waals surface area contributed by atoms with Gasteiger partial charge in [-0.1, -0.05) is 0 Å². The lowest BCUT2D eigenvalue weighted by Crippen LogP contribution is -2.11. The van der Waals surface area contributed by atoms with Crippen molar-refractivity contribution in [1.82, 2.24) is 0 Å². The molecule has 0 unspecified atom stereocenters. The highest BCUT2D eigenvalue weighted by molar-refractivity contribution is 8.09. The molecule has 50 valence electrons. The van der Waals surface area contributed by atoms with Crippen LogP contribution in [0.5, 0.6) is 0 Å². The molecule has 0 aliphatic heterocycles. The van der Waals surface area contributed by atoms with E-state index in [9.17, 15) is 8.42 Å². The van der Waals surface area contributed by atoms with Gasteiger partial charge in [-0.15, -0.1) is 0 Å². The Kier molecular flexibility index (Phi) is 2.83. The van der Waals surface area contributed by atoms with E-state index < -0.39 is 9.84 Å². The van der Waals surface area contributed by atoms with Gasteiger partial charge in [0.05, 0.1) is 12.5 Å². The summed E-state index contributed by atoms with van der Waals surface area (Å²) in [6.45, 7) is 0. The Balaban J connectivity index is 3.75. The summed E-state index contributed by atoms with van der Waals surface area (Å²) in [6.07, 6.45) is 5.10. The van der Waals surface area contributed by atoms with Crippen molar-refractivity contribution in [3.63, 3.8) is 0 Å². The Labute approximate surface area is 53.6 Å². The Morgan fingerprint density at radius 2 is 1.75 bits per heavy atom. The van der Waals surface area contributed by atoms with Gasteiger partial charge >= 0.3 is 0 Å². The fourth-order valence-corrected chi connectivity index (χ4v) is 3.85. The first-order chi connectivity index (χ1) is 3.42. The molecule has 0 aromatic rings. The van der Waals surface area contributed by atoms with E-state index in [0.29, 0.717) is 5.08 Å². The molecule has 0 aliphatic rings. The Bertz CT molecular complexity index is 145. The third-order valence-corrected chi connectivity index (χ3v) is 4.05. The van der Waals surface area contributed by atoms with Gasteiger partial charge in [0, 0.05) is 6.26 Å². The summed E-state index contributed by atoms with van der Waals surface area (Å²) in [7, 11) is -2.68. The first-order valence-corrected chi connectivity index (χ1v) is 6.41. The lowest BCUT2D eigenvalue weighted by atomic mass is 11.8. The molecular formula is C4H11O2S2+. The number of hydrogen-bond acceptors (Lipinski definition) is 2. The average molecular weight is 155 g/mol. The largest absolute Gasteiger partial charge is 0.224 e. The SMILES string of the molecule is C[S+](C)CS(C)(=O)=O. The molecule has 0 heterocycles. The Morgan fingerprint density at radius 3 is 1.75 bits per heavy atom. The van der Waals surface area contributed by atoms with Crippen LogP contribution in [0.4, 0.5) is 0 Å². The van der Waals surface area contributed by atoms with Crippen molar-refractivity contribution in [1.29, 1.82) is 0 Å². The third-order valence-electron chi connectivity index (χ3n) is 0.450. The smallest absolute Gasteiger partial charge is 0.206 e. The summed E-state index contributed by atoms with van der Waals surface area (Å²) >= 11 is 0. The summed E-state index contributed by atoms with van der Waals surface area (Å²) in [5, 5.41) is 0.326. The van der Waals surface area contributed by atoms with E-state index in [2.05, 4.69) is 0 Å². The first-order valence-electron chi connectivity index (χ1n) is 2.14. The van der Waals surface area contributed by atoms with E-state index in [1.54, 1.807) is 0 Å². The van der Waals surface area contributed by atoms with Crippen LogP contribution in [0, 0.1) is 0 Å². The minimum Gasteiger partial charge on any atom is -0.224 e. The summed E-state index contributed by atoms with van der Waals surface area (Å²) in [6, 6.07) is 0. The molecule has 0 bridgehead atoms. The zero-order valence-corrected chi connectivity index (χ0v) is 6.97. The van der Waals surface area contributed by atoms with Crippen molar-refractivity contribution in [3.8, 4) is 0 Å². The van der Waals surface area contributed by atoms with Crippen LogP contribution in [0.1, 0.15) is 0 Å². The molecule has 0 saturated heterocycles. The molecule has 8 heavy (non-hydrogen) atoms. The van der Waals surface area contributed by atoms with E-state index in [1.807, 2.05) is 12.5 Å². The zero-order chi connectivity index (χ0) is 6.78. The molecule has 0 spiro atoms. The van der Waals surface area contributed by atoms with Gasteiger partial charge in [-0.25, -0.2) is 8.42 Å². The molecule has 0 saturated carbocycles. The van der Waals surface area contributed by atoms with Gasteiger partial charge in [0.2, 0.25) is 5.08 Å². The third kappa shape index (κ3) is 6.30. The van der Waals surface area contributed by atoms with Crippen LogP contribution in [0.3, 0.4) is 0 Å². The van der Waals surface area contributed by atoms with Gasteiger partial charge < -0.3 is 0 Å². The Morgan fingerprint density at radius 1 is 1.38 bits per heavy atom. The van der Waals surface area contributed by atoms with Gasteiger partial charge in [-0.3, -0.25) is 0 Å². The lowest BCUT2D eigenvalue weighted by Gasteiger charge is -1.90. The summed E-state index contributed by atoms with van der Waals surface area (Å²) in [4.78, 5) is 0. The maximum atomic E-state index is 10.4. The second kappa shape index (κ2) is 2.73. The van der Waals surface area contributed by atoms with Crippen LogP contribution in [0.2, 0.25) is 0 Å². The maximum absolute atomic E-state index is 10.4. The lowest BCUT2D eigenvalue weighted by molar-refractivity contribution is 0.606. The summed E-state index contributed by atoms with van der Waals surface area (Å²) in [5.41, 5.74) is 0. The molecule has 4 heteroatoms. The molecule has 0 rings (SSSR count). The van der Waals surface area contributed by atoms with Crippen LogP contribution in [-0.2, 0) is 20.7 Å². The number of rotatable bonds is 2. The fraction of sp³-hybridized carbons (Fsp3) is 1.00. The second-order valence-corrected chi connectivity index (χ2v) is 6.79. The molecule has 2 nitrogen and oxygen atoms in total. The van der Waals surface area contributed by atoms with Crippen LogP contribution >= 0.6 is 0 Å². The predicted octanol–water partition coefficient (Wildman–Crippen LogP) is -0.134. The topological polar surface area (TPSA) is 34.1 Å². The van der Waals surface area contributed by atoms with Gasteiger partial charge in [-0.05, 0) is 10.9 Å². The van der Waals surface area contributed by atoms with Crippen LogP contribution in [0.15, 0.2) is 0 Å².